The van der Waals surface area contributed by atoms with Crippen molar-refractivity contribution in [2.24, 2.45) is 5.73 Å². The largest absolute Gasteiger partial charge is 0.337 e. The van der Waals surface area contributed by atoms with E-state index < -0.39 is 0 Å². The molecular formula is C12H16ClFN2O. The van der Waals surface area contributed by atoms with Gasteiger partial charge in [0.25, 0.3) is 5.91 Å². The van der Waals surface area contributed by atoms with Crippen LogP contribution in [0.4, 0.5) is 4.39 Å². The molecule has 1 aromatic carbocycles. The van der Waals surface area contributed by atoms with E-state index in [2.05, 4.69) is 0 Å². The van der Waals surface area contributed by atoms with Crippen LogP contribution in [0.3, 0.4) is 0 Å². The number of piperidine rings is 1. The monoisotopic (exact) mass is 258 g/mol. The maximum absolute atomic E-state index is 12.7. The first-order valence-corrected chi connectivity index (χ1v) is 5.47. The van der Waals surface area contributed by atoms with Gasteiger partial charge in [0.05, 0.1) is 0 Å². The molecule has 1 heterocycles. The predicted molar refractivity (Wildman–Crippen MR) is 66.8 cm³/mol. The van der Waals surface area contributed by atoms with Crippen molar-refractivity contribution in [3.8, 4) is 0 Å². The van der Waals surface area contributed by atoms with Gasteiger partial charge in [-0.1, -0.05) is 0 Å². The molecule has 17 heavy (non-hydrogen) atoms. The van der Waals surface area contributed by atoms with Crippen LogP contribution < -0.4 is 5.73 Å². The van der Waals surface area contributed by atoms with Crippen molar-refractivity contribution in [3.05, 3.63) is 35.6 Å². The summed E-state index contributed by atoms with van der Waals surface area (Å²) in [6.07, 6.45) is 1.90. The zero-order valence-electron chi connectivity index (χ0n) is 9.43. The van der Waals surface area contributed by atoms with Crippen LogP contribution in [0.1, 0.15) is 23.2 Å². The van der Waals surface area contributed by atoms with Crippen molar-refractivity contribution in [2.45, 2.75) is 18.9 Å². The number of halogens is 2. The predicted octanol–water partition coefficient (Wildman–Crippen LogP) is 1.81. The van der Waals surface area contributed by atoms with E-state index in [9.17, 15) is 9.18 Å². The molecule has 0 saturated carbocycles. The van der Waals surface area contributed by atoms with E-state index in [4.69, 9.17) is 5.73 Å². The molecule has 0 radical (unpaired) electrons. The summed E-state index contributed by atoms with van der Waals surface area (Å²) in [7, 11) is 0. The van der Waals surface area contributed by atoms with E-state index in [-0.39, 0.29) is 30.2 Å². The topological polar surface area (TPSA) is 46.3 Å². The highest BCUT2D eigenvalue weighted by molar-refractivity contribution is 5.94. The molecular weight excluding hydrogens is 243 g/mol. The molecule has 0 aromatic heterocycles. The van der Waals surface area contributed by atoms with Crippen LogP contribution in [-0.4, -0.2) is 29.9 Å². The Kier molecular flexibility index (Phi) is 4.90. The Bertz CT molecular complexity index is 383. The molecule has 2 N–H and O–H groups in total. The molecule has 0 aliphatic carbocycles. The van der Waals surface area contributed by atoms with Crippen LogP contribution in [0, 0.1) is 5.82 Å². The van der Waals surface area contributed by atoms with Gasteiger partial charge in [-0.15, -0.1) is 12.4 Å². The van der Waals surface area contributed by atoms with Crippen LogP contribution in [0.5, 0.6) is 0 Å². The summed E-state index contributed by atoms with van der Waals surface area (Å²) in [6.45, 7) is 1.33. The summed E-state index contributed by atoms with van der Waals surface area (Å²) in [5.41, 5.74) is 6.33. The molecule has 0 bridgehead atoms. The Hall–Kier alpha value is -1.13. The zero-order chi connectivity index (χ0) is 11.5. The fourth-order valence-corrected chi connectivity index (χ4v) is 1.97. The average molecular weight is 259 g/mol. The molecule has 1 saturated heterocycles. The van der Waals surface area contributed by atoms with Crippen molar-refractivity contribution in [1.29, 1.82) is 0 Å². The molecule has 5 heteroatoms. The Morgan fingerprint density at radius 3 is 2.59 bits per heavy atom. The lowest BCUT2D eigenvalue weighted by Gasteiger charge is -2.30. The summed E-state index contributed by atoms with van der Waals surface area (Å²) in [4.78, 5) is 13.7. The number of hydrogen-bond acceptors (Lipinski definition) is 2. The van der Waals surface area contributed by atoms with Crippen molar-refractivity contribution >= 4 is 18.3 Å². The number of hydrogen-bond donors (Lipinski definition) is 1. The number of nitrogens with zero attached hydrogens (tertiary/aromatic N) is 1. The number of likely N-dealkylation sites (tertiary alicyclic amines) is 1. The van der Waals surface area contributed by atoms with Crippen molar-refractivity contribution in [1.82, 2.24) is 4.90 Å². The zero-order valence-corrected chi connectivity index (χ0v) is 10.3. The first-order chi connectivity index (χ1) is 7.66. The normalized spacial score (nSPS) is 19.6. The minimum absolute atomic E-state index is 0. The molecule has 1 fully saturated rings. The quantitative estimate of drug-likeness (QED) is 0.835. The number of carbonyl (C=O) groups excluding carboxylic acids is 1. The fraction of sp³-hybridized carbons (Fsp3) is 0.417. The summed E-state index contributed by atoms with van der Waals surface area (Å²) < 4.78 is 12.7. The third-order valence-corrected chi connectivity index (χ3v) is 2.84. The van der Waals surface area contributed by atoms with Crippen molar-refractivity contribution < 1.29 is 9.18 Å². The molecule has 2 rings (SSSR count). The third kappa shape index (κ3) is 3.41. The first-order valence-electron chi connectivity index (χ1n) is 5.47. The highest BCUT2D eigenvalue weighted by Gasteiger charge is 2.21. The van der Waals surface area contributed by atoms with Gasteiger partial charge in [0, 0.05) is 24.7 Å². The van der Waals surface area contributed by atoms with E-state index in [1.54, 1.807) is 4.90 Å². The van der Waals surface area contributed by atoms with Gasteiger partial charge in [-0.25, -0.2) is 4.39 Å². The van der Waals surface area contributed by atoms with Gasteiger partial charge >= 0.3 is 0 Å². The van der Waals surface area contributed by atoms with E-state index >= 15 is 0 Å². The summed E-state index contributed by atoms with van der Waals surface area (Å²) in [6, 6.07) is 5.70. The molecule has 3 nitrogen and oxygen atoms in total. The summed E-state index contributed by atoms with van der Waals surface area (Å²) in [5.74, 6) is -0.387. The molecule has 1 unspecified atom stereocenters. The van der Waals surface area contributed by atoms with Crippen LogP contribution in [0.2, 0.25) is 0 Å². The third-order valence-electron chi connectivity index (χ3n) is 2.84. The lowest BCUT2D eigenvalue weighted by atomic mass is 10.1. The maximum Gasteiger partial charge on any atom is 0.253 e. The van der Waals surface area contributed by atoms with Gasteiger partial charge in [-0.2, -0.15) is 0 Å². The Morgan fingerprint density at radius 2 is 2.00 bits per heavy atom. The van der Waals surface area contributed by atoms with E-state index in [0.717, 1.165) is 19.4 Å². The first kappa shape index (κ1) is 13.9. The van der Waals surface area contributed by atoms with E-state index in [1.807, 2.05) is 0 Å². The van der Waals surface area contributed by atoms with Gasteiger partial charge in [-0.3, -0.25) is 4.79 Å². The molecule has 1 aliphatic heterocycles. The minimum Gasteiger partial charge on any atom is -0.337 e. The SMILES string of the molecule is Cl.NC1CCCN(C(=O)c2ccc(F)cc2)C1. The number of amides is 1. The number of carbonyl (C=O) groups is 1. The minimum atomic E-state index is -0.327. The standard InChI is InChI=1S/C12H15FN2O.ClH/c13-10-5-3-9(4-6-10)12(16)15-7-1-2-11(14)8-15;/h3-6,11H,1-2,7-8,14H2;1H. The second-order valence-corrected chi connectivity index (χ2v) is 4.16. The number of benzene rings is 1. The Balaban J connectivity index is 0.00000144. The van der Waals surface area contributed by atoms with E-state index in [1.165, 1.54) is 24.3 Å². The summed E-state index contributed by atoms with van der Waals surface area (Å²) >= 11 is 0. The van der Waals surface area contributed by atoms with Gasteiger partial charge in [-0.05, 0) is 37.1 Å². The molecule has 1 aliphatic rings. The van der Waals surface area contributed by atoms with Crippen molar-refractivity contribution in [2.75, 3.05) is 13.1 Å². The molecule has 94 valence electrons. The highest BCUT2D eigenvalue weighted by Crippen LogP contribution is 2.13. The van der Waals surface area contributed by atoms with Gasteiger partial charge in [0.15, 0.2) is 0 Å². The summed E-state index contributed by atoms with van der Waals surface area (Å²) in [5, 5.41) is 0. The average Bonchev–Trinajstić information content (AvgIpc) is 2.29. The van der Waals surface area contributed by atoms with E-state index in [0.29, 0.717) is 12.1 Å². The number of nitrogens with two attached hydrogens (primary N) is 1. The highest BCUT2D eigenvalue weighted by atomic mass is 35.5. The number of rotatable bonds is 1. The lowest BCUT2D eigenvalue weighted by Crippen LogP contribution is -2.45. The molecule has 0 spiro atoms. The molecule has 1 amide bonds. The second kappa shape index (κ2) is 5.98. The molecule has 1 atom stereocenters. The van der Waals surface area contributed by atoms with Crippen LogP contribution >= 0.6 is 12.4 Å². The Labute approximate surface area is 106 Å². The second-order valence-electron chi connectivity index (χ2n) is 4.16. The lowest BCUT2D eigenvalue weighted by molar-refractivity contribution is 0.0709. The maximum atomic E-state index is 12.7. The Morgan fingerprint density at radius 1 is 1.35 bits per heavy atom. The van der Waals surface area contributed by atoms with Crippen LogP contribution in [0.25, 0.3) is 0 Å². The van der Waals surface area contributed by atoms with Crippen LogP contribution in [-0.2, 0) is 0 Å². The van der Waals surface area contributed by atoms with Crippen LogP contribution in [0.15, 0.2) is 24.3 Å². The fourth-order valence-electron chi connectivity index (χ4n) is 1.97. The van der Waals surface area contributed by atoms with Gasteiger partial charge in [0.2, 0.25) is 0 Å². The van der Waals surface area contributed by atoms with Gasteiger partial charge in [0.1, 0.15) is 5.82 Å². The molecule has 1 aromatic rings. The van der Waals surface area contributed by atoms with Crippen molar-refractivity contribution in [3.63, 3.8) is 0 Å². The smallest absolute Gasteiger partial charge is 0.253 e. The van der Waals surface area contributed by atoms with Gasteiger partial charge < -0.3 is 10.6 Å².